The summed E-state index contributed by atoms with van der Waals surface area (Å²) in [6, 6.07) is 5.72. The van der Waals surface area contributed by atoms with Gasteiger partial charge in [-0.15, -0.1) is 0 Å². The number of amides is 1. The van der Waals surface area contributed by atoms with E-state index in [0.29, 0.717) is 11.5 Å². The van der Waals surface area contributed by atoms with Gasteiger partial charge in [0.15, 0.2) is 0 Å². The van der Waals surface area contributed by atoms with Crippen LogP contribution in [0.25, 0.3) is 0 Å². The fraction of sp³-hybridized carbons (Fsp3) is 0.417. The lowest BCUT2D eigenvalue weighted by atomic mass is 9.97. The van der Waals surface area contributed by atoms with E-state index in [4.69, 9.17) is 4.74 Å². The van der Waals surface area contributed by atoms with Gasteiger partial charge in [-0.1, -0.05) is 19.1 Å². The largest absolute Gasteiger partial charge is 0.489 e. The number of carbonyl (C=O) groups excluding carboxylic acids is 1. The molecule has 3 heteroatoms. The first-order valence-corrected chi connectivity index (χ1v) is 5.16. The van der Waals surface area contributed by atoms with Crippen molar-refractivity contribution in [2.45, 2.75) is 25.9 Å². The molecule has 0 radical (unpaired) electrons. The lowest BCUT2D eigenvalue weighted by molar-refractivity contribution is 0.0958. The number of ether oxygens (including phenoxy) is 1. The number of fused-ring (bicyclic) bond motifs is 1. The summed E-state index contributed by atoms with van der Waals surface area (Å²) in [4.78, 5) is 11.6. The van der Waals surface area contributed by atoms with E-state index in [1.807, 2.05) is 19.1 Å². The van der Waals surface area contributed by atoms with E-state index in [1.54, 1.807) is 13.1 Å². The molecule has 0 bridgehead atoms. The molecular weight excluding hydrogens is 190 g/mol. The monoisotopic (exact) mass is 205 g/mol. The third kappa shape index (κ3) is 1.48. The van der Waals surface area contributed by atoms with Gasteiger partial charge < -0.3 is 10.1 Å². The molecule has 2 atom stereocenters. The number of rotatable bonds is 1. The summed E-state index contributed by atoms with van der Waals surface area (Å²) in [6.07, 6.45) is 0.144. The van der Waals surface area contributed by atoms with Crippen molar-refractivity contribution in [3.05, 3.63) is 29.3 Å². The Hall–Kier alpha value is -1.51. The Balaban J connectivity index is 2.49. The Morgan fingerprint density at radius 1 is 1.40 bits per heavy atom. The van der Waals surface area contributed by atoms with Crippen LogP contribution >= 0.6 is 0 Å². The second kappa shape index (κ2) is 3.57. The fourth-order valence-corrected chi connectivity index (χ4v) is 1.90. The number of hydrogen-bond acceptors (Lipinski definition) is 2. The Morgan fingerprint density at radius 2 is 2.13 bits per heavy atom. The van der Waals surface area contributed by atoms with Crippen molar-refractivity contribution >= 4 is 5.91 Å². The lowest BCUT2D eigenvalue weighted by Gasteiger charge is -2.08. The van der Waals surface area contributed by atoms with Crippen molar-refractivity contribution in [2.75, 3.05) is 7.05 Å². The van der Waals surface area contributed by atoms with Crippen LogP contribution in [0.4, 0.5) is 0 Å². The number of hydrogen-bond donors (Lipinski definition) is 1. The van der Waals surface area contributed by atoms with E-state index in [2.05, 4.69) is 12.2 Å². The maximum atomic E-state index is 11.6. The third-order valence-electron chi connectivity index (χ3n) is 3.02. The van der Waals surface area contributed by atoms with Gasteiger partial charge in [0.05, 0.1) is 5.56 Å². The first-order valence-electron chi connectivity index (χ1n) is 5.16. The standard InChI is InChI=1S/C12H15NO2/c1-7-8(2)15-11-9(7)5-4-6-10(11)12(14)13-3/h4-8H,1-3H3,(H,13,14). The summed E-state index contributed by atoms with van der Waals surface area (Å²) in [6.45, 7) is 4.14. The van der Waals surface area contributed by atoms with Crippen molar-refractivity contribution in [1.29, 1.82) is 0 Å². The van der Waals surface area contributed by atoms with Crippen LogP contribution in [0.5, 0.6) is 5.75 Å². The molecule has 1 heterocycles. The molecule has 15 heavy (non-hydrogen) atoms. The minimum absolute atomic E-state index is 0.0897. The lowest BCUT2D eigenvalue weighted by Crippen LogP contribution is -2.18. The van der Waals surface area contributed by atoms with Crippen LogP contribution in [-0.2, 0) is 0 Å². The van der Waals surface area contributed by atoms with Crippen LogP contribution in [0.2, 0.25) is 0 Å². The molecule has 1 aromatic rings. The van der Waals surface area contributed by atoms with Gasteiger partial charge in [-0.2, -0.15) is 0 Å². The minimum Gasteiger partial charge on any atom is -0.489 e. The molecule has 0 aliphatic carbocycles. The number of para-hydroxylation sites is 1. The van der Waals surface area contributed by atoms with Crippen LogP contribution < -0.4 is 10.1 Å². The molecule has 1 amide bonds. The van der Waals surface area contributed by atoms with E-state index in [-0.39, 0.29) is 12.0 Å². The molecular formula is C12H15NO2. The van der Waals surface area contributed by atoms with Crippen LogP contribution in [0.3, 0.4) is 0 Å². The van der Waals surface area contributed by atoms with Crippen LogP contribution in [0, 0.1) is 0 Å². The number of nitrogens with one attached hydrogen (secondary N) is 1. The molecule has 1 aliphatic rings. The normalized spacial score (nSPS) is 23.1. The van der Waals surface area contributed by atoms with Crippen molar-refractivity contribution in [3.63, 3.8) is 0 Å². The predicted octanol–water partition coefficient (Wildman–Crippen LogP) is 1.93. The van der Waals surface area contributed by atoms with Gasteiger partial charge in [0, 0.05) is 18.5 Å². The van der Waals surface area contributed by atoms with E-state index in [9.17, 15) is 4.79 Å². The van der Waals surface area contributed by atoms with E-state index in [1.165, 1.54) is 0 Å². The summed E-state index contributed by atoms with van der Waals surface area (Å²) in [5.41, 5.74) is 1.76. The molecule has 1 aromatic carbocycles. The first kappa shape index (κ1) is 10.0. The summed E-state index contributed by atoms with van der Waals surface area (Å²) < 4.78 is 5.71. The maximum absolute atomic E-state index is 11.6. The predicted molar refractivity (Wildman–Crippen MR) is 58.3 cm³/mol. The van der Waals surface area contributed by atoms with E-state index < -0.39 is 0 Å². The highest BCUT2D eigenvalue weighted by molar-refractivity contribution is 5.97. The van der Waals surface area contributed by atoms with Gasteiger partial charge in [0.25, 0.3) is 5.91 Å². The zero-order valence-electron chi connectivity index (χ0n) is 9.20. The molecule has 0 fully saturated rings. The second-order valence-electron chi connectivity index (χ2n) is 3.91. The van der Waals surface area contributed by atoms with Gasteiger partial charge in [0.2, 0.25) is 0 Å². The summed E-state index contributed by atoms with van der Waals surface area (Å²) in [5, 5.41) is 2.62. The van der Waals surface area contributed by atoms with Gasteiger partial charge in [-0.3, -0.25) is 4.79 Å². The fourth-order valence-electron chi connectivity index (χ4n) is 1.90. The summed E-state index contributed by atoms with van der Waals surface area (Å²) >= 11 is 0. The van der Waals surface area contributed by atoms with Crippen molar-refractivity contribution < 1.29 is 9.53 Å². The van der Waals surface area contributed by atoms with Crippen molar-refractivity contribution in [2.24, 2.45) is 0 Å². The molecule has 80 valence electrons. The SMILES string of the molecule is CNC(=O)c1cccc2c1OC(C)C2C. The topological polar surface area (TPSA) is 38.3 Å². The highest BCUT2D eigenvalue weighted by Gasteiger charge is 2.30. The van der Waals surface area contributed by atoms with E-state index in [0.717, 1.165) is 11.3 Å². The average Bonchev–Trinajstić information content (AvgIpc) is 2.54. The Morgan fingerprint density at radius 3 is 2.80 bits per heavy atom. The molecule has 1 aliphatic heterocycles. The summed E-state index contributed by atoms with van der Waals surface area (Å²) in [7, 11) is 1.63. The zero-order valence-corrected chi connectivity index (χ0v) is 9.20. The minimum atomic E-state index is -0.0897. The maximum Gasteiger partial charge on any atom is 0.254 e. The van der Waals surface area contributed by atoms with Gasteiger partial charge in [0.1, 0.15) is 11.9 Å². The smallest absolute Gasteiger partial charge is 0.254 e. The molecule has 1 N–H and O–H groups in total. The Kier molecular flexibility index (Phi) is 2.39. The highest BCUT2D eigenvalue weighted by Crippen LogP contribution is 2.39. The molecule has 3 nitrogen and oxygen atoms in total. The Labute approximate surface area is 89.4 Å². The van der Waals surface area contributed by atoms with Gasteiger partial charge >= 0.3 is 0 Å². The van der Waals surface area contributed by atoms with Gasteiger partial charge in [-0.25, -0.2) is 0 Å². The van der Waals surface area contributed by atoms with Crippen LogP contribution in [0.1, 0.15) is 35.7 Å². The number of benzene rings is 1. The summed E-state index contributed by atoms with van der Waals surface area (Å²) in [5.74, 6) is 1.01. The van der Waals surface area contributed by atoms with Crippen LogP contribution in [-0.4, -0.2) is 19.1 Å². The molecule has 0 saturated carbocycles. The quantitative estimate of drug-likeness (QED) is 0.760. The van der Waals surface area contributed by atoms with Gasteiger partial charge in [-0.05, 0) is 13.0 Å². The average molecular weight is 205 g/mol. The Bertz CT molecular complexity index is 401. The molecule has 0 aromatic heterocycles. The third-order valence-corrected chi connectivity index (χ3v) is 3.02. The molecule has 2 rings (SSSR count). The van der Waals surface area contributed by atoms with Crippen molar-refractivity contribution in [1.82, 2.24) is 5.32 Å². The second-order valence-corrected chi connectivity index (χ2v) is 3.91. The first-order chi connectivity index (χ1) is 7.15. The molecule has 0 saturated heterocycles. The van der Waals surface area contributed by atoms with Crippen molar-refractivity contribution in [3.8, 4) is 5.75 Å². The molecule has 2 unspecified atom stereocenters. The van der Waals surface area contributed by atoms with E-state index >= 15 is 0 Å². The van der Waals surface area contributed by atoms with Crippen LogP contribution in [0.15, 0.2) is 18.2 Å². The molecule has 0 spiro atoms. The zero-order chi connectivity index (χ0) is 11.0. The number of carbonyl (C=O) groups is 1. The highest BCUT2D eigenvalue weighted by atomic mass is 16.5.